The minimum atomic E-state index is -4.92. The van der Waals surface area contributed by atoms with Crippen molar-refractivity contribution in [1.82, 2.24) is 0 Å². The van der Waals surface area contributed by atoms with Crippen LogP contribution in [0.5, 0.6) is 0 Å². The van der Waals surface area contributed by atoms with Gasteiger partial charge < -0.3 is 4.74 Å². The second kappa shape index (κ2) is 3.45. The first kappa shape index (κ1) is 10.2. The molecule has 0 bridgehead atoms. The number of ketones is 2. The smallest absolute Gasteiger partial charge is 0.374 e. The summed E-state index contributed by atoms with van der Waals surface area (Å²) < 4.78 is 40.2. The average Bonchev–Trinajstić information content (AvgIpc) is 2.02. The molecule has 1 saturated heterocycles. The van der Waals surface area contributed by atoms with Crippen molar-refractivity contribution in [3.05, 3.63) is 0 Å². The van der Waals surface area contributed by atoms with Crippen molar-refractivity contribution < 1.29 is 27.5 Å². The molecule has 0 aromatic rings. The maximum atomic E-state index is 11.9. The van der Waals surface area contributed by atoms with Gasteiger partial charge in [0.15, 0.2) is 5.78 Å². The Morgan fingerprint density at radius 3 is 2.54 bits per heavy atom. The molecule has 1 rings (SSSR count). The van der Waals surface area contributed by atoms with Gasteiger partial charge in [0.1, 0.15) is 6.61 Å². The monoisotopic (exact) mass is 196 g/mol. The highest BCUT2D eigenvalue weighted by Gasteiger charge is 2.46. The van der Waals surface area contributed by atoms with Gasteiger partial charge in [-0.15, -0.1) is 0 Å². The first-order valence-electron chi connectivity index (χ1n) is 3.64. The normalized spacial score (nSPS) is 24.5. The quantitative estimate of drug-likeness (QED) is 0.580. The van der Waals surface area contributed by atoms with Gasteiger partial charge in [0, 0.05) is 6.61 Å². The van der Waals surface area contributed by atoms with Crippen LogP contribution in [0.15, 0.2) is 0 Å². The summed E-state index contributed by atoms with van der Waals surface area (Å²) in [5, 5.41) is 0. The molecule has 0 aliphatic carbocycles. The van der Waals surface area contributed by atoms with Crippen molar-refractivity contribution in [2.24, 2.45) is 5.92 Å². The van der Waals surface area contributed by atoms with Crippen molar-refractivity contribution in [1.29, 1.82) is 0 Å². The molecule has 74 valence electrons. The van der Waals surface area contributed by atoms with Gasteiger partial charge in [-0.3, -0.25) is 9.59 Å². The van der Waals surface area contributed by atoms with Crippen LogP contribution in [0.25, 0.3) is 0 Å². The lowest BCUT2D eigenvalue weighted by Gasteiger charge is -2.20. The molecule has 1 unspecified atom stereocenters. The van der Waals surface area contributed by atoms with Gasteiger partial charge in [-0.05, 0) is 6.42 Å². The van der Waals surface area contributed by atoms with Crippen molar-refractivity contribution in [2.45, 2.75) is 12.6 Å². The number of carbonyl (C=O) groups is 2. The fraction of sp³-hybridized carbons (Fsp3) is 0.714. The van der Waals surface area contributed by atoms with Crippen molar-refractivity contribution in [3.63, 3.8) is 0 Å². The molecule has 1 fully saturated rings. The van der Waals surface area contributed by atoms with E-state index in [1.807, 2.05) is 0 Å². The predicted octanol–water partition coefficient (Wildman–Crippen LogP) is 0.723. The third kappa shape index (κ3) is 2.27. The lowest BCUT2D eigenvalue weighted by atomic mass is 9.94. The van der Waals surface area contributed by atoms with Gasteiger partial charge in [-0.25, -0.2) is 0 Å². The first-order valence-corrected chi connectivity index (χ1v) is 3.64. The van der Waals surface area contributed by atoms with E-state index in [0.29, 0.717) is 0 Å². The minimum absolute atomic E-state index is 0.0260. The summed E-state index contributed by atoms with van der Waals surface area (Å²) in [7, 11) is 0. The fourth-order valence-corrected chi connectivity index (χ4v) is 1.11. The number of ether oxygens (including phenoxy) is 1. The number of alkyl halides is 3. The lowest BCUT2D eigenvalue weighted by Crippen LogP contribution is -2.40. The lowest BCUT2D eigenvalue weighted by molar-refractivity contribution is -0.179. The third-order valence-corrected chi connectivity index (χ3v) is 1.78. The van der Waals surface area contributed by atoms with Crippen molar-refractivity contribution in [3.8, 4) is 0 Å². The molecule has 0 amide bonds. The number of hydrogen-bond donors (Lipinski definition) is 0. The number of halogens is 3. The minimum Gasteiger partial charge on any atom is -0.374 e. The zero-order chi connectivity index (χ0) is 10.1. The van der Waals surface area contributed by atoms with E-state index < -0.39 is 30.3 Å². The van der Waals surface area contributed by atoms with Gasteiger partial charge in [0.25, 0.3) is 0 Å². The Labute approximate surface area is 71.9 Å². The molecule has 6 heteroatoms. The Kier molecular flexibility index (Phi) is 2.70. The van der Waals surface area contributed by atoms with Crippen LogP contribution in [0.2, 0.25) is 0 Å². The molecular formula is C7H7F3O3. The molecule has 0 saturated carbocycles. The Balaban J connectivity index is 2.70. The van der Waals surface area contributed by atoms with E-state index in [9.17, 15) is 22.8 Å². The highest BCUT2D eigenvalue weighted by Crippen LogP contribution is 2.25. The Hall–Kier alpha value is -0.910. The van der Waals surface area contributed by atoms with E-state index in [-0.39, 0.29) is 13.0 Å². The molecule has 0 N–H and O–H groups in total. The first-order chi connectivity index (χ1) is 5.93. The predicted molar refractivity (Wildman–Crippen MR) is 35.0 cm³/mol. The standard InChI is InChI=1S/C7H7F3O3/c8-7(9,10)6(12)4-1-2-13-3-5(4)11/h4H,1-3H2. The van der Waals surface area contributed by atoms with Crippen LogP contribution in [0.4, 0.5) is 13.2 Å². The molecule has 1 aliphatic heterocycles. The summed E-state index contributed by atoms with van der Waals surface area (Å²) >= 11 is 0. The largest absolute Gasteiger partial charge is 0.450 e. The summed E-state index contributed by atoms with van der Waals surface area (Å²) in [5.74, 6) is -4.29. The van der Waals surface area contributed by atoms with Crippen LogP contribution in [-0.2, 0) is 14.3 Å². The van der Waals surface area contributed by atoms with Crippen LogP contribution in [0, 0.1) is 5.92 Å². The van der Waals surface area contributed by atoms with Crippen LogP contribution < -0.4 is 0 Å². The summed E-state index contributed by atoms with van der Waals surface area (Å²) in [5.41, 5.74) is 0. The third-order valence-electron chi connectivity index (χ3n) is 1.78. The second-order valence-corrected chi connectivity index (χ2v) is 2.72. The van der Waals surface area contributed by atoms with Crippen LogP contribution >= 0.6 is 0 Å². The maximum Gasteiger partial charge on any atom is 0.450 e. The zero-order valence-electron chi connectivity index (χ0n) is 6.56. The van der Waals surface area contributed by atoms with E-state index >= 15 is 0 Å². The van der Waals surface area contributed by atoms with Crippen molar-refractivity contribution >= 4 is 11.6 Å². The van der Waals surface area contributed by atoms with E-state index in [2.05, 4.69) is 4.74 Å². The van der Waals surface area contributed by atoms with Gasteiger partial charge in [0.2, 0.25) is 5.78 Å². The molecule has 0 aromatic heterocycles. The van der Waals surface area contributed by atoms with Crippen LogP contribution in [0.3, 0.4) is 0 Å². The second-order valence-electron chi connectivity index (χ2n) is 2.72. The Morgan fingerprint density at radius 1 is 1.46 bits per heavy atom. The average molecular weight is 196 g/mol. The molecule has 0 radical (unpaired) electrons. The van der Waals surface area contributed by atoms with Crippen LogP contribution in [0.1, 0.15) is 6.42 Å². The molecular weight excluding hydrogens is 189 g/mol. The molecule has 13 heavy (non-hydrogen) atoms. The summed E-state index contributed by atoms with van der Waals surface area (Å²) in [6, 6.07) is 0. The summed E-state index contributed by atoms with van der Waals surface area (Å²) in [6.07, 6.45) is -5.09. The van der Waals surface area contributed by atoms with E-state index in [1.54, 1.807) is 0 Å². The zero-order valence-corrected chi connectivity index (χ0v) is 6.56. The van der Waals surface area contributed by atoms with Crippen LogP contribution in [-0.4, -0.2) is 31.0 Å². The number of rotatable bonds is 1. The van der Waals surface area contributed by atoms with Crippen molar-refractivity contribution in [2.75, 3.05) is 13.2 Å². The Morgan fingerprint density at radius 2 is 2.08 bits per heavy atom. The van der Waals surface area contributed by atoms with E-state index in [0.717, 1.165) is 0 Å². The topological polar surface area (TPSA) is 43.4 Å². The molecule has 1 atom stereocenters. The molecule has 3 nitrogen and oxygen atoms in total. The van der Waals surface area contributed by atoms with Gasteiger partial charge in [0.05, 0.1) is 5.92 Å². The SMILES string of the molecule is O=C1COCCC1C(=O)C(F)(F)F. The molecule has 1 heterocycles. The highest BCUT2D eigenvalue weighted by atomic mass is 19.4. The summed E-state index contributed by atoms with van der Waals surface area (Å²) in [6.45, 7) is -0.370. The highest BCUT2D eigenvalue weighted by molar-refractivity contribution is 6.05. The summed E-state index contributed by atoms with van der Waals surface area (Å²) in [4.78, 5) is 21.5. The van der Waals surface area contributed by atoms with Gasteiger partial charge in [-0.1, -0.05) is 0 Å². The van der Waals surface area contributed by atoms with Gasteiger partial charge >= 0.3 is 6.18 Å². The van der Waals surface area contributed by atoms with Gasteiger partial charge in [-0.2, -0.15) is 13.2 Å². The fourth-order valence-electron chi connectivity index (χ4n) is 1.11. The number of Topliss-reactive ketones (excluding diaryl/α,β-unsaturated/α-hetero) is 2. The number of hydrogen-bond acceptors (Lipinski definition) is 3. The van der Waals surface area contributed by atoms with E-state index in [1.165, 1.54) is 0 Å². The van der Waals surface area contributed by atoms with E-state index in [4.69, 9.17) is 0 Å². The number of carbonyl (C=O) groups excluding carboxylic acids is 2. The molecule has 1 aliphatic rings. The molecule has 0 spiro atoms. The Bertz CT molecular complexity index is 234. The maximum absolute atomic E-state index is 11.9. The molecule has 0 aromatic carbocycles.